The lowest BCUT2D eigenvalue weighted by molar-refractivity contribution is 0.0919. The third kappa shape index (κ3) is 2.25. The summed E-state index contributed by atoms with van der Waals surface area (Å²) in [6, 6.07) is 9.30. The van der Waals surface area contributed by atoms with Gasteiger partial charge < -0.3 is 10.1 Å². The van der Waals surface area contributed by atoms with E-state index < -0.39 is 0 Å². The Morgan fingerprint density at radius 2 is 2.13 bits per heavy atom. The summed E-state index contributed by atoms with van der Waals surface area (Å²) < 4.78 is 5.21. The van der Waals surface area contributed by atoms with E-state index in [0.29, 0.717) is 0 Å². The van der Waals surface area contributed by atoms with Crippen molar-refractivity contribution in [3.63, 3.8) is 0 Å². The second kappa shape index (κ2) is 4.55. The van der Waals surface area contributed by atoms with Crippen molar-refractivity contribution in [1.29, 1.82) is 0 Å². The van der Waals surface area contributed by atoms with E-state index in [1.54, 1.807) is 7.11 Å². The molecule has 2 rings (SSSR count). The number of ether oxygens (including phenoxy) is 1. The van der Waals surface area contributed by atoms with E-state index in [0.717, 1.165) is 18.5 Å². The number of hydrogen-bond donors (Lipinski definition) is 1. The zero-order chi connectivity index (χ0) is 10.7. The molecule has 0 saturated carbocycles. The molecule has 1 saturated heterocycles. The molecule has 0 bridgehead atoms. The first kappa shape index (κ1) is 10.3. The highest BCUT2D eigenvalue weighted by Crippen LogP contribution is 2.14. The molecule has 1 heterocycles. The number of nitrogens with one attached hydrogen (secondary N) is 1. The van der Waals surface area contributed by atoms with E-state index in [9.17, 15) is 4.79 Å². The van der Waals surface area contributed by atoms with Crippen molar-refractivity contribution in [3.8, 4) is 0 Å². The van der Waals surface area contributed by atoms with Gasteiger partial charge in [-0.05, 0) is 6.42 Å². The third-order valence-electron chi connectivity index (χ3n) is 2.80. The Kier molecular flexibility index (Phi) is 3.14. The van der Waals surface area contributed by atoms with Gasteiger partial charge in [0.25, 0.3) is 0 Å². The van der Waals surface area contributed by atoms with Gasteiger partial charge in [-0.2, -0.15) is 0 Å². The van der Waals surface area contributed by atoms with Gasteiger partial charge in [0.05, 0.1) is 12.1 Å². The first-order chi connectivity index (χ1) is 7.31. The maximum absolute atomic E-state index is 12.0. The van der Waals surface area contributed by atoms with Gasteiger partial charge in [-0.15, -0.1) is 0 Å². The molecule has 0 aliphatic carbocycles. The molecule has 1 aromatic carbocycles. The molecular weight excluding hydrogens is 190 g/mol. The number of carbonyl (C=O) groups is 1. The Balaban J connectivity index is 2.04. The van der Waals surface area contributed by atoms with Crippen LogP contribution in [0.2, 0.25) is 0 Å². The SMILES string of the molecule is COC1CNC(C(=O)c2ccccc2)C1. The van der Waals surface area contributed by atoms with E-state index in [1.807, 2.05) is 30.3 Å². The number of Topliss-reactive ketones (excluding diaryl/α,β-unsaturated/α-hetero) is 1. The molecule has 3 heteroatoms. The normalized spacial score (nSPS) is 25.4. The Labute approximate surface area is 89.4 Å². The molecule has 1 aliphatic heterocycles. The predicted molar refractivity (Wildman–Crippen MR) is 58.0 cm³/mol. The molecule has 2 unspecified atom stereocenters. The standard InChI is InChI=1S/C12H15NO2/c1-15-10-7-11(13-8-10)12(14)9-5-3-2-4-6-9/h2-6,10-11,13H,7-8H2,1H3. The van der Waals surface area contributed by atoms with Crippen LogP contribution in [0.3, 0.4) is 0 Å². The Bertz CT molecular complexity index is 337. The van der Waals surface area contributed by atoms with Crippen molar-refractivity contribution < 1.29 is 9.53 Å². The fraction of sp³-hybridized carbons (Fsp3) is 0.417. The van der Waals surface area contributed by atoms with E-state index in [2.05, 4.69) is 5.32 Å². The van der Waals surface area contributed by atoms with E-state index in [-0.39, 0.29) is 17.9 Å². The smallest absolute Gasteiger partial charge is 0.179 e. The summed E-state index contributed by atoms with van der Waals surface area (Å²) in [5.41, 5.74) is 0.770. The van der Waals surface area contributed by atoms with Crippen LogP contribution in [0.15, 0.2) is 30.3 Å². The summed E-state index contributed by atoms with van der Waals surface area (Å²) in [4.78, 5) is 12.0. The topological polar surface area (TPSA) is 38.3 Å². The van der Waals surface area contributed by atoms with Crippen LogP contribution in [0.1, 0.15) is 16.8 Å². The summed E-state index contributed by atoms with van der Waals surface area (Å²) in [6.07, 6.45) is 0.937. The van der Waals surface area contributed by atoms with E-state index in [4.69, 9.17) is 4.74 Å². The van der Waals surface area contributed by atoms with Gasteiger partial charge >= 0.3 is 0 Å². The predicted octanol–water partition coefficient (Wildman–Crippen LogP) is 1.25. The molecule has 1 aliphatic rings. The Hall–Kier alpha value is -1.19. The molecule has 0 radical (unpaired) electrons. The second-order valence-electron chi connectivity index (χ2n) is 3.78. The molecule has 1 aromatic rings. The number of benzene rings is 1. The van der Waals surface area contributed by atoms with Crippen LogP contribution in [0.25, 0.3) is 0 Å². The highest BCUT2D eigenvalue weighted by Gasteiger charge is 2.29. The average molecular weight is 205 g/mol. The van der Waals surface area contributed by atoms with Crippen molar-refractivity contribution in [3.05, 3.63) is 35.9 Å². The molecule has 1 N–H and O–H groups in total. The lowest BCUT2D eigenvalue weighted by Crippen LogP contribution is -2.30. The van der Waals surface area contributed by atoms with Crippen molar-refractivity contribution in [1.82, 2.24) is 5.32 Å². The summed E-state index contributed by atoms with van der Waals surface area (Å²) in [5, 5.41) is 3.18. The van der Waals surface area contributed by atoms with Gasteiger partial charge in [-0.3, -0.25) is 4.79 Å². The van der Waals surface area contributed by atoms with Gasteiger partial charge in [0.1, 0.15) is 0 Å². The van der Waals surface area contributed by atoms with E-state index >= 15 is 0 Å². The maximum atomic E-state index is 12.0. The number of methoxy groups -OCH3 is 1. The molecule has 0 spiro atoms. The monoisotopic (exact) mass is 205 g/mol. The summed E-state index contributed by atoms with van der Waals surface area (Å²) >= 11 is 0. The fourth-order valence-electron chi connectivity index (χ4n) is 1.89. The Morgan fingerprint density at radius 1 is 1.40 bits per heavy atom. The van der Waals surface area contributed by atoms with Crippen LogP contribution in [0.5, 0.6) is 0 Å². The quantitative estimate of drug-likeness (QED) is 0.755. The number of rotatable bonds is 3. The van der Waals surface area contributed by atoms with Crippen LogP contribution in [0, 0.1) is 0 Å². The molecule has 1 fully saturated rings. The number of hydrogen-bond acceptors (Lipinski definition) is 3. The lowest BCUT2D eigenvalue weighted by atomic mass is 10.0. The molecular formula is C12H15NO2. The van der Waals surface area contributed by atoms with Crippen molar-refractivity contribution in [2.45, 2.75) is 18.6 Å². The Morgan fingerprint density at radius 3 is 2.73 bits per heavy atom. The van der Waals surface area contributed by atoms with Gasteiger partial charge in [-0.1, -0.05) is 30.3 Å². The molecule has 0 amide bonds. The highest BCUT2D eigenvalue weighted by molar-refractivity contribution is 6.00. The molecule has 80 valence electrons. The minimum Gasteiger partial charge on any atom is -0.380 e. The summed E-state index contributed by atoms with van der Waals surface area (Å²) in [6.45, 7) is 0.764. The van der Waals surface area contributed by atoms with Crippen LogP contribution in [-0.2, 0) is 4.74 Å². The lowest BCUT2D eigenvalue weighted by Gasteiger charge is -2.08. The largest absolute Gasteiger partial charge is 0.380 e. The van der Waals surface area contributed by atoms with Gasteiger partial charge in [0.2, 0.25) is 0 Å². The summed E-state index contributed by atoms with van der Waals surface area (Å²) in [5.74, 6) is 0.162. The van der Waals surface area contributed by atoms with Gasteiger partial charge in [0.15, 0.2) is 5.78 Å². The van der Waals surface area contributed by atoms with Crippen molar-refractivity contribution >= 4 is 5.78 Å². The molecule has 2 atom stereocenters. The van der Waals surface area contributed by atoms with Crippen molar-refractivity contribution in [2.75, 3.05) is 13.7 Å². The van der Waals surface area contributed by atoms with Crippen LogP contribution in [0.4, 0.5) is 0 Å². The fourth-order valence-corrected chi connectivity index (χ4v) is 1.89. The number of ketones is 1. The van der Waals surface area contributed by atoms with Gasteiger partial charge in [-0.25, -0.2) is 0 Å². The second-order valence-corrected chi connectivity index (χ2v) is 3.78. The van der Waals surface area contributed by atoms with Crippen molar-refractivity contribution in [2.24, 2.45) is 0 Å². The zero-order valence-electron chi connectivity index (χ0n) is 8.77. The number of carbonyl (C=O) groups excluding carboxylic acids is 1. The zero-order valence-corrected chi connectivity index (χ0v) is 8.77. The third-order valence-corrected chi connectivity index (χ3v) is 2.80. The minimum absolute atomic E-state index is 0.0858. The molecule has 3 nitrogen and oxygen atoms in total. The highest BCUT2D eigenvalue weighted by atomic mass is 16.5. The first-order valence-corrected chi connectivity index (χ1v) is 5.16. The van der Waals surface area contributed by atoms with Crippen LogP contribution < -0.4 is 5.32 Å². The maximum Gasteiger partial charge on any atom is 0.179 e. The van der Waals surface area contributed by atoms with Crippen LogP contribution in [-0.4, -0.2) is 31.6 Å². The minimum atomic E-state index is -0.0858. The molecule has 0 aromatic heterocycles. The average Bonchev–Trinajstić information content (AvgIpc) is 2.78. The van der Waals surface area contributed by atoms with E-state index in [1.165, 1.54) is 0 Å². The van der Waals surface area contributed by atoms with Gasteiger partial charge in [0, 0.05) is 19.2 Å². The first-order valence-electron chi connectivity index (χ1n) is 5.16. The van der Waals surface area contributed by atoms with Crippen LogP contribution >= 0.6 is 0 Å². The molecule has 15 heavy (non-hydrogen) atoms. The summed E-state index contributed by atoms with van der Waals surface area (Å²) in [7, 11) is 1.68.